The summed E-state index contributed by atoms with van der Waals surface area (Å²) in [6, 6.07) is 3.87. The van der Waals surface area contributed by atoms with Crippen LogP contribution in [0.1, 0.15) is 50.3 Å². The highest BCUT2D eigenvalue weighted by Crippen LogP contribution is 2.42. The lowest BCUT2D eigenvalue weighted by Crippen LogP contribution is -2.28. The lowest BCUT2D eigenvalue weighted by Gasteiger charge is -2.27. The van der Waals surface area contributed by atoms with Crippen molar-refractivity contribution in [3.05, 3.63) is 34.9 Å². The number of piperidine rings is 1. The van der Waals surface area contributed by atoms with Crippen LogP contribution >= 0.6 is 23.1 Å². The van der Waals surface area contributed by atoms with Crippen LogP contribution in [0.5, 0.6) is 0 Å². The second-order valence-corrected chi connectivity index (χ2v) is 10.2. The molecule has 0 aromatic carbocycles. The van der Waals surface area contributed by atoms with E-state index in [1.165, 1.54) is 42.4 Å². The van der Waals surface area contributed by atoms with Crippen molar-refractivity contribution in [2.24, 2.45) is 10.9 Å². The SMILES string of the molecule is CCCCCN=C1C=CC(C2C(=O)C(O)=C(c3ccc(N4CCCCC4)s3)C2=O)S1. The Kier molecular flexibility index (Phi) is 6.78. The minimum absolute atomic E-state index is 0.195. The van der Waals surface area contributed by atoms with Crippen LogP contribution in [0.4, 0.5) is 5.00 Å². The zero-order chi connectivity index (χ0) is 21.1. The number of Topliss-reactive ketones (excluding diaryl/α,β-unsaturated/α-hetero) is 2. The standard InChI is InChI=1S/C23H28N2O3S2/c1-2-3-5-12-24-17-10-8-15(29-17)19-21(26)20(23(28)22(19)27)16-9-11-18(30-16)25-13-6-4-7-14-25/h8-11,15,19,28H,2-7,12-14H2,1H3. The monoisotopic (exact) mass is 444 g/mol. The molecule has 1 saturated heterocycles. The Bertz CT molecular complexity index is 909. The third kappa shape index (κ3) is 4.28. The van der Waals surface area contributed by atoms with Crippen molar-refractivity contribution in [3.63, 3.8) is 0 Å². The van der Waals surface area contributed by atoms with Gasteiger partial charge in [-0.2, -0.15) is 0 Å². The third-order valence-corrected chi connectivity index (χ3v) is 8.20. The number of anilines is 1. The average Bonchev–Trinajstić information content (AvgIpc) is 3.46. The number of thiophene rings is 1. The van der Waals surface area contributed by atoms with Gasteiger partial charge in [0.25, 0.3) is 0 Å². The van der Waals surface area contributed by atoms with Gasteiger partial charge in [-0.05, 0) is 43.9 Å². The maximum atomic E-state index is 13.2. The summed E-state index contributed by atoms with van der Waals surface area (Å²) in [5.41, 5.74) is 0.195. The van der Waals surface area contributed by atoms with E-state index in [2.05, 4.69) is 16.8 Å². The van der Waals surface area contributed by atoms with E-state index in [1.807, 2.05) is 24.3 Å². The molecule has 1 aromatic heterocycles. The molecule has 7 heteroatoms. The van der Waals surface area contributed by atoms with Gasteiger partial charge in [-0.1, -0.05) is 37.6 Å². The highest BCUT2D eigenvalue weighted by atomic mass is 32.2. The number of allylic oxidation sites excluding steroid dienone is 2. The molecule has 4 rings (SSSR count). The van der Waals surface area contributed by atoms with Crippen LogP contribution < -0.4 is 4.90 Å². The summed E-state index contributed by atoms with van der Waals surface area (Å²) in [6.07, 6.45) is 10.7. The van der Waals surface area contributed by atoms with Gasteiger partial charge in [0.1, 0.15) is 5.92 Å². The van der Waals surface area contributed by atoms with Gasteiger partial charge in [0.05, 0.1) is 15.6 Å². The molecule has 1 aliphatic carbocycles. The summed E-state index contributed by atoms with van der Waals surface area (Å²) in [4.78, 5) is 33.5. The summed E-state index contributed by atoms with van der Waals surface area (Å²) in [6.45, 7) is 4.96. The molecule has 1 fully saturated rings. The van der Waals surface area contributed by atoms with Gasteiger partial charge in [-0.15, -0.1) is 11.3 Å². The molecule has 5 nitrogen and oxygen atoms in total. The average molecular weight is 445 g/mol. The molecule has 2 aliphatic heterocycles. The van der Waals surface area contributed by atoms with Gasteiger partial charge in [0.15, 0.2) is 11.5 Å². The Labute approximate surface area is 186 Å². The first-order valence-electron chi connectivity index (χ1n) is 10.9. The number of rotatable bonds is 7. The number of ketones is 2. The van der Waals surface area contributed by atoms with Crippen LogP contribution in [0.25, 0.3) is 5.57 Å². The Hall–Kier alpha value is -1.86. The fourth-order valence-electron chi connectivity index (χ4n) is 4.16. The Morgan fingerprint density at radius 2 is 1.93 bits per heavy atom. The number of carbonyl (C=O) groups is 2. The number of thioether (sulfide) groups is 1. The Morgan fingerprint density at radius 3 is 2.70 bits per heavy atom. The molecular formula is C23H28N2O3S2. The van der Waals surface area contributed by atoms with Crippen molar-refractivity contribution in [3.8, 4) is 0 Å². The van der Waals surface area contributed by atoms with E-state index in [9.17, 15) is 14.7 Å². The topological polar surface area (TPSA) is 70.0 Å². The Morgan fingerprint density at radius 1 is 1.13 bits per heavy atom. The van der Waals surface area contributed by atoms with E-state index in [0.29, 0.717) is 4.88 Å². The molecule has 160 valence electrons. The molecule has 2 unspecified atom stereocenters. The van der Waals surface area contributed by atoms with Crippen molar-refractivity contribution in [2.45, 2.75) is 50.7 Å². The van der Waals surface area contributed by atoms with E-state index in [4.69, 9.17) is 0 Å². The number of hydrogen-bond acceptors (Lipinski definition) is 7. The molecule has 1 N–H and O–H groups in total. The van der Waals surface area contributed by atoms with E-state index in [1.54, 1.807) is 0 Å². The fourth-order valence-corrected chi connectivity index (χ4v) is 6.41. The van der Waals surface area contributed by atoms with Crippen molar-refractivity contribution in [1.82, 2.24) is 0 Å². The Balaban J connectivity index is 1.46. The smallest absolute Gasteiger partial charge is 0.210 e. The van der Waals surface area contributed by atoms with Crippen LogP contribution in [0.2, 0.25) is 0 Å². The predicted octanol–water partition coefficient (Wildman–Crippen LogP) is 5.04. The summed E-state index contributed by atoms with van der Waals surface area (Å²) < 4.78 is 0. The number of carbonyl (C=O) groups excluding carboxylic acids is 2. The first-order chi connectivity index (χ1) is 14.6. The van der Waals surface area contributed by atoms with E-state index in [0.717, 1.165) is 48.9 Å². The zero-order valence-electron chi connectivity index (χ0n) is 17.3. The van der Waals surface area contributed by atoms with Crippen LogP contribution in [-0.2, 0) is 9.59 Å². The quantitative estimate of drug-likeness (QED) is 0.471. The van der Waals surface area contributed by atoms with E-state index in [-0.39, 0.29) is 22.4 Å². The number of aliphatic hydroxyl groups excluding tert-OH is 1. The molecule has 2 atom stereocenters. The maximum Gasteiger partial charge on any atom is 0.210 e. The molecule has 0 bridgehead atoms. The largest absolute Gasteiger partial charge is 0.504 e. The first kappa shape index (κ1) is 21.4. The number of unbranched alkanes of at least 4 members (excludes halogenated alkanes) is 2. The fraction of sp³-hybridized carbons (Fsp3) is 0.522. The summed E-state index contributed by atoms with van der Waals surface area (Å²) in [7, 11) is 0. The van der Waals surface area contributed by atoms with Crippen LogP contribution in [0, 0.1) is 5.92 Å². The van der Waals surface area contributed by atoms with Crippen LogP contribution in [0.15, 0.2) is 35.0 Å². The molecule has 1 aromatic rings. The number of nitrogens with zero attached hydrogens (tertiary/aromatic N) is 2. The molecule has 0 radical (unpaired) electrons. The van der Waals surface area contributed by atoms with Gasteiger partial charge in [-0.3, -0.25) is 14.6 Å². The van der Waals surface area contributed by atoms with Crippen LogP contribution in [0.3, 0.4) is 0 Å². The highest BCUT2D eigenvalue weighted by Gasteiger charge is 2.47. The lowest BCUT2D eigenvalue weighted by atomic mass is 9.98. The van der Waals surface area contributed by atoms with Crippen LogP contribution in [-0.4, -0.2) is 46.6 Å². The first-order valence-corrected chi connectivity index (χ1v) is 12.6. The molecule has 0 saturated carbocycles. The molecule has 3 aliphatic rings. The van der Waals surface area contributed by atoms with Gasteiger partial charge in [-0.25, -0.2) is 0 Å². The minimum Gasteiger partial charge on any atom is -0.504 e. The number of aliphatic imine (C=N–C) groups is 1. The molecular weight excluding hydrogens is 416 g/mol. The molecule has 0 amide bonds. The van der Waals surface area contributed by atoms with Gasteiger partial charge < -0.3 is 10.0 Å². The molecule has 0 spiro atoms. The normalized spacial score (nSPS) is 25.9. The lowest BCUT2D eigenvalue weighted by molar-refractivity contribution is -0.126. The van der Waals surface area contributed by atoms with Gasteiger partial charge in [0, 0.05) is 29.8 Å². The van der Waals surface area contributed by atoms with E-state index < -0.39 is 11.7 Å². The zero-order valence-corrected chi connectivity index (χ0v) is 18.9. The molecule has 3 heterocycles. The summed E-state index contributed by atoms with van der Waals surface area (Å²) in [5.74, 6) is -1.96. The second kappa shape index (κ2) is 9.52. The van der Waals surface area contributed by atoms with Crippen molar-refractivity contribution in [1.29, 1.82) is 0 Å². The molecule has 30 heavy (non-hydrogen) atoms. The van der Waals surface area contributed by atoms with E-state index >= 15 is 0 Å². The minimum atomic E-state index is -0.856. The maximum absolute atomic E-state index is 13.2. The second-order valence-electron chi connectivity index (χ2n) is 7.98. The third-order valence-electron chi connectivity index (χ3n) is 5.83. The summed E-state index contributed by atoms with van der Waals surface area (Å²) >= 11 is 2.95. The summed E-state index contributed by atoms with van der Waals surface area (Å²) in [5, 5.41) is 12.2. The van der Waals surface area contributed by atoms with Crippen molar-refractivity contribution >= 4 is 50.3 Å². The number of aliphatic hydroxyl groups is 1. The van der Waals surface area contributed by atoms with Crippen molar-refractivity contribution in [2.75, 3.05) is 24.5 Å². The predicted molar refractivity (Wildman–Crippen MR) is 126 cm³/mol. The van der Waals surface area contributed by atoms with Gasteiger partial charge >= 0.3 is 0 Å². The number of hydrogen-bond donors (Lipinski definition) is 1. The van der Waals surface area contributed by atoms with Gasteiger partial charge in [0.2, 0.25) is 5.78 Å². The highest BCUT2D eigenvalue weighted by molar-refractivity contribution is 8.15. The van der Waals surface area contributed by atoms with Crippen molar-refractivity contribution < 1.29 is 14.7 Å².